The second-order valence-corrected chi connectivity index (χ2v) is 4.92. The summed E-state index contributed by atoms with van der Waals surface area (Å²) in [7, 11) is 0. The number of hydrogen-bond acceptors (Lipinski definition) is 3. The molecule has 0 saturated heterocycles. The summed E-state index contributed by atoms with van der Waals surface area (Å²) in [6.07, 6.45) is 3.73. The molecule has 110 valence electrons. The summed E-state index contributed by atoms with van der Waals surface area (Å²) in [6, 6.07) is 9.88. The smallest absolute Gasteiger partial charge is 0.155 e. The fraction of sp³-hybridized carbons (Fsp3) is 0.294. The molecule has 0 aliphatic rings. The first-order valence-corrected chi connectivity index (χ1v) is 7.19. The minimum atomic E-state index is 0.647. The van der Waals surface area contributed by atoms with Crippen molar-refractivity contribution >= 4 is 12.1 Å². The molecule has 0 atom stereocenters. The molecule has 0 bridgehead atoms. The van der Waals surface area contributed by atoms with E-state index in [2.05, 4.69) is 23.5 Å². The van der Waals surface area contributed by atoms with Gasteiger partial charge < -0.3 is 4.90 Å². The van der Waals surface area contributed by atoms with Gasteiger partial charge in [-0.1, -0.05) is 31.2 Å². The molecule has 0 spiro atoms. The lowest BCUT2D eigenvalue weighted by molar-refractivity contribution is 0.112. The van der Waals surface area contributed by atoms with Crippen LogP contribution in [0.5, 0.6) is 0 Å². The number of para-hydroxylation sites is 1. The Morgan fingerprint density at radius 1 is 1.33 bits per heavy atom. The number of aromatic nitrogens is 2. The van der Waals surface area contributed by atoms with Gasteiger partial charge in [0, 0.05) is 13.1 Å². The van der Waals surface area contributed by atoms with Crippen molar-refractivity contribution in [2.75, 3.05) is 18.0 Å². The van der Waals surface area contributed by atoms with Crippen molar-refractivity contribution in [3.63, 3.8) is 0 Å². The molecule has 0 aliphatic heterocycles. The van der Waals surface area contributed by atoms with Gasteiger partial charge in [-0.3, -0.25) is 4.79 Å². The van der Waals surface area contributed by atoms with Crippen molar-refractivity contribution in [2.45, 2.75) is 20.3 Å². The van der Waals surface area contributed by atoms with Crippen LogP contribution in [-0.4, -0.2) is 29.2 Å². The van der Waals surface area contributed by atoms with E-state index in [-0.39, 0.29) is 0 Å². The summed E-state index contributed by atoms with van der Waals surface area (Å²) in [5.74, 6) is 0.843. The summed E-state index contributed by atoms with van der Waals surface area (Å²) in [5, 5.41) is 4.55. The molecule has 1 aromatic heterocycles. The van der Waals surface area contributed by atoms with E-state index in [9.17, 15) is 4.79 Å². The molecule has 21 heavy (non-hydrogen) atoms. The SMILES string of the molecule is C=CCN(CCC)c1c(C=O)c(C)nn1-c1ccccc1. The quantitative estimate of drug-likeness (QED) is 0.577. The van der Waals surface area contributed by atoms with Crippen LogP contribution >= 0.6 is 0 Å². The maximum absolute atomic E-state index is 11.5. The number of carbonyl (C=O) groups excluding carboxylic acids is 1. The predicted molar refractivity (Wildman–Crippen MR) is 86.4 cm³/mol. The zero-order valence-electron chi connectivity index (χ0n) is 12.6. The number of aldehydes is 1. The Hall–Kier alpha value is -2.36. The number of rotatable bonds is 7. The van der Waals surface area contributed by atoms with E-state index in [0.717, 1.165) is 36.5 Å². The fourth-order valence-electron chi connectivity index (χ4n) is 2.43. The molecule has 4 heteroatoms. The molecule has 1 heterocycles. The molecule has 1 aromatic carbocycles. The van der Waals surface area contributed by atoms with Gasteiger partial charge in [0.1, 0.15) is 5.82 Å². The van der Waals surface area contributed by atoms with Crippen LogP contribution in [0.15, 0.2) is 43.0 Å². The zero-order chi connectivity index (χ0) is 15.2. The van der Waals surface area contributed by atoms with Gasteiger partial charge >= 0.3 is 0 Å². The monoisotopic (exact) mass is 283 g/mol. The number of aryl methyl sites for hydroxylation is 1. The number of nitrogens with zero attached hydrogens (tertiary/aromatic N) is 3. The summed E-state index contributed by atoms with van der Waals surface area (Å²) >= 11 is 0. The number of carbonyl (C=O) groups is 1. The summed E-state index contributed by atoms with van der Waals surface area (Å²) < 4.78 is 1.85. The largest absolute Gasteiger partial charge is 0.352 e. The summed E-state index contributed by atoms with van der Waals surface area (Å²) in [5.41, 5.74) is 2.34. The Bertz CT molecular complexity index is 616. The third-order valence-corrected chi connectivity index (χ3v) is 3.34. The van der Waals surface area contributed by atoms with Crippen molar-refractivity contribution in [1.82, 2.24) is 9.78 Å². The molecular weight excluding hydrogens is 262 g/mol. The van der Waals surface area contributed by atoms with Crippen LogP contribution in [0.25, 0.3) is 5.69 Å². The van der Waals surface area contributed by atoms with Crippen molar-refractivity contribution < 1.29 is 4.79 Å². The molecule has 0 aliphatic carbocycles. The van der Waals surface area contributed by atoms with E-state index in [1.54, 1.807) is 0 Å². The molecule has 0 N–H and O–H groups in total. The molecule has 2 aromatic rings. The van der Waals surface area contributed by atoms with Crippen molar-refractivity contribution in [2.24, 2.45) is 0 Å². The number of anilines is 1. The van der Waals surface area contributed by atoms with E-state index in [4.69, 9.17) is 0 Å². The second-order valence-electron chi connectivity index (χ2n) is 4.92. The highest BCUT2D eigenvalue weighted by Gasteiger charge is 2.20. The van der Waals surface area contributed by atoms with Crippen LogP contribution in [0.1, 0.15) is 29.4 Å². The molecule has 0 unspecified atom stereocenters. The van der Waals surface area contributed by atoms with Gasteiger partial charge in [0.25, 0.3) is 0 Å². The maximum Gasteiger partial charge on any atom is 0.155 e. The third kappa shape index (κ3) is 3.05. The Labute approximate surface area is 125 Å². The highest BCUT2D eigenvalue weighted by molar-refractivity contribution is 5.85. The van der Waals surface area contributed by atoms with E-state index < -0.39 is 0 Å². The topological polar surface area (TPSA) is 38.1 Å². The fourth-order valence-corrected chi connectivity index (χ4v) is 2.43. The lowest BCUT2D eigenvalue weighted by Crippen LogP contribution is -2.27. The van der Waals surface area contributed by atoms with Gasteiger partial charge in [0.2, 0.25) is 0 Å². The standard InChI is InChI=1S/C17H21N3O/c1-4-11-19(12-5-2)17-16(13-21)14(3)18-20(17)15-9-7-6-8-10-15/h4,6-10,13H,1,5,11-12H2,2-3H3. The zero-order valence-corrected chi connectivity index (χ0v) is 12.6. The first kappa shape index (κ1) is 15.0. The summed E-state index contributed by atoms with van der Waals surface area (Å²) in [6.45, 7) is 9.34. The normalized spacial score (nSPS) is 10.4. The number of hydrogen-bond donors (Lipinski definition) is 0. The van der Waals surface area contributed by atoms with Gasteiger partial charge in [-0.25, -0.2) is 4.68 Å². The molecule has 0 amide bonds. The van der Waals surface area contributed by atoms with Gasteiger partial charge in [0.05, 0.1) is 16.9 Å². The van der Waals surface area contributed by atoms with E-state index in [1.807, 2.05) is 48.0 Å². The average Bonchev–Trinajstić information content (AvgIpc) is 2.84. The van der Waals surface area contributed by atoms with Crippen LogP contribution in [0.2, 0.25) is 0 Å². The van der Waals surface area contributed by atoms with Crippen LogP contribution in [0.4, 0.5) is 5.82 Å². The van der Waals surface area contributed by atoms with Crippen molar-refractivity contribution in [1.29, 1.82) is 0 Å². The van der Waals surface area contributed by atoms with Crippen LogP contribution in [0.3, 0.4) is 0 Å². The Kier molecular flexibility index (Phi) is 4.93. The lowest BCUT2D eigenvalue weighted by atomic mass is 10.2. The van der Waals surface area contributed by atoms with Crippen LogP contribution < -0.4 is 4.90 Å². The van der Waals surface area contributed by atoms with Gasteiger partial charge in [-0.05, 0) is 25.5 Å². The Balaban J connectivity index is 2.60. The molecule has 0 saturated carbocycles. The lowest BCUT2D eigenvalue weighted by Gasteiger charge is -2.24. The Morgan fingerprint density at radius 2 is 2.05 bits per heavy atom. The highest BCUT2D eigenvalue weighted by Crippen LogP contribution is 2.26. The van der Waals surface area contributed by atoms with E-state index >= 15 is 0 Å². The van der Waals surface area contributed by atoms with E-state index in [1.165, 1.54) is 0 Å². The first-order valence-electron chi connectivity index (χ1n) is 7.19. The molecular formula is C17H21N3O. The van der Waals surface area contributed by atoms with E-state index in [0.29, 0.717) is 12.1 Å². The van der Waals surface area contributed by atoms with Gasteiger partial charge in [0.15, 0.2) is 6.29 Å². The second kappa shape index (κ2) is 6.88. The molecule has 0 fully saturated rings. The van der Waals surface area contributed by atoms with Crippen LogP contribution in [0, 0.1) is 6.92 Å². The molecule has 0 radical (unpaired) electrons. The highest BCUT2D eigenvalue weighted by atomic mass is 16.1. The Morgan fingerprint density at radius 3 is 2.62 bits per heavy atom. The first-order chi connectivity index (χ1) is 10.2. The minimum absolute atomic E-state index is 0.647. The van der Waals surface area contributed by atoms with Gasteiger partial charge in [-0.15, -0.1) is 6.58 Å². The third-order valence-electron chi connectivity index (χ3n) is 3.34. The molecule has 2 rings (SSSR count). The van der Waals surface area contributed by atoms with Crippen molar-refractivity contribution in [3.8, 4) is 5.69 Å². The predicted octanol–water partition coefficient (Wildman–Crippen LogP) is 3.40. The average molecular weight is 283 g/mol. The minimum Gasteiger partial charge on any atom is -0.352 e. The van der Waals surface area contributed by atoms with Crippen LogP contribution in [-0.2, 0) is 0 Å². The number of benzene rings is 1. The molecule has 4 nitrogen and oxygen atoms in total. The van der Waals surface area contributed by atoms with Gasteiger partial charge in [-0.2, -0.15) is 5.10 Å². The van der Waals surface area contributed by atoms with Crippen molar-refractivity contribution in [3.05, 3.63) is 54.2 Å². The maximum atomic E-state index is 11.5. The summed E-state index contributed by atoms with van der Waals surface area (Å²) in [4.78, 5) is 13.6.